The van der Waals surface area contributed by atoms with Crippen LogP contribution in [0.1, 0.15) is 35.3 Å². The number of anilines is 1. The SMILES string of the molecule is C[C@H]1CC(Nc2cccc(C(N)=O)c2)c2ccsc2S1. The largest absolute Gasteiger partial charge is 0.378 e. The van der Waals surface area contributed by atoms with Crippen LogP contribution in [-0.4, -0.2) is 11.2 Å². The Bertz CT molecular complexity index is 638. The second kappa shape index (κ2) is 5.50. The van der Waals surface area contributed by atoms with Crippen molar-refractivity contribution in [2.75, 3.05) is 5.32 Å². The van der Waals surface area contributed by atoms with Crippen molar-refractivity contribution in [1.82, 2.24) is 0 Å². The van der Waals surface area contributed by atoms with Crippen LogP contribution in [0.3, 0.4) is 0 Å². The number of carbonyl (C=O) groups excluding carboxylic acids is 1. The number of hydrogen-bond donors (Lipinski definition) is 2. The Kier molecular flexibility index (Phi) is 3.72. The molecule has 0 saturated heterocycles. The number of rotatable bonds is 3. The maximum Gasteiger partial charge on any atom is 0.248 e. The summed E-state index contributed by atoms with van der Waals surface area (Å²) in [5.74, 6) is -0.391. The smallest absolute Gasteiger partial charge is 0.248 e. The molecule has 0 aliphatic carbocycles. The number of primary amides is 1. The Morgan fingerprint density at radius 3 is 3.05 bits per heavy atom. The van der Waals surface area contributed by atoms with E-state index in [1.165, 1.54) is 9.77 Å². The van der Waals surface area contributed by atoms with Crippen LogP contribution in [0.4, 0.5) is 5.69 Å². The maximum atomic E-state index is 11.2. The van der Waals surface area contributed by atoms with Crippen molar-refractivity contribution < 1.29 is 4.79 Å². The minimum absolute atomic E-state index is 0.302. The summed E-state index contributed by atoms with van der Waals surface area (Å²) in [7, 11) is 0. The summed E-state index contributed by atoms with van der Waals surface area (Å²) in [6.45, 7) is 2.25. The van der Waals surface area contributed by atoms with E-state index in [-0.39, 0.29) is 0 Å². The molecule has 0 saturated carbocycles. The number of thioether (sulfide) groups is 1. The third kappa shape index (κ3) is 2.69. The summed E-state index contributed by atoms with van der Waals surface area (Å²) in [5, 5.41) is 6.27. The van der Waals surface area contributed by atoms with E-state index in [4.69, 9.17) is 5.73 Å². The van der Waals surface area contributed by atoms with Crippen LogP contribution < -0.4 is 11.1 Å². The molecule has 2 heterocycles. The van der Waals surface area contributed by atoms with Gasteiger partial charge in [-0.25, -0.2) is 0 Å². The highest BCUT2D eigenvalue weighted by molar-refractivity contribution is 8.01. The van der Waals surface area contributed by atoms with Crippen LogP contribution in [0.2, 0.25) is 0 Å². The van der Waals surface area contributed by atoms with E-state index in [0.29, 0.717) is 16.9 Å². The molecule has 1 aromatic carbocycles. The Morgan fingerprint density at radius 2 is 2.25 bits per heavy atom. The molecule has 3 nitrogen and oxygen atoms in total. The lowest BCUT2D eigenvalue weighted by Gasteiger charge is -2.28. The first-order valence-corrected chi connectivity index (χ1v) is 8.30. The molecule has 2 aromatic rings. The van der Waals surface area contributed by atoms with Crippen LogP contribution >= 0.6 is 23.1 Å². The Morgan fingerprint density at radius 1 is 1.40 bits per heavy atom. The van der Waals surface area contributed by atoms with Gasteiger partial charge in [-0.3, -0.25) is 4.79 Å². The topological polar surface area (TPSA) is 55.1 Å². The molecule has 0 fully saturated rings. The van der Waals surface area contributed by atoms with Gasteiger partial charge in [0, 0.05) is 16.5 Å². The molecule has 1 aliphatic heterocycles. The molecule has 2 atom stereocenters. The molecule has 1 aromatic heterocycles. The quantitative estimate of drug-likeness (QED) is 0.904. The first-order chi connectivity index (χ1) is 9.63. The normalized spacial score (nSPS) is 21.2. The molecule has 104 valence electrons. The van der Waals surface area contributed by atoms with Gasteiger partial charge >= 0.3 is 0 Å². The standard InChI is InChI=1S/C15H16N2OS2/c1-9-7-13(12-5-6-19-15(12)20-9)17-11-4-2-3-10(8-11)14(16)18/h2-6,8-9,13,17H,7H2,1H3,(H2,16,18)/t9-,13?/m0/s1. The zero-order valence-electron chi connectivity index (χ0n) is 11.1. The fourth-order valence-corrected chi connectivity index (χ4v) is 5.02. The van der Waals surface area contributed by atoms with Crippen LogP contribution in [0, 0.1) is 0 Å². The molecule has 0 spiro atoms. The lowest BCUT2D eigenvalue weighted by atomic mass is 10.0. The van der Waals surface area contributed by atoms with E-state index in [0.717, 1.165) is 12.1 Å². The molecule has 20 heavy (non-hydrogen) atoms. The molecule has 3 N–H and O–H groups in total. The summed E-state index contributed by atoms with van der Waals surface area (Å²) in [6.07, 6.45) is 1.08. The molecule has 5 heteroatoms. The van der Waals surface area contributed by atoms with Crippen LogP contribution in [0.25, 0.3) is 0 Å². The van der Waals surface area contributed by atoms with E-state index in [9.17, 15) is 4.79 Å². The first kappa shape index (κ1) is 13.5. The van der Waals surface area contributed by atoms with E-state index in [2.05, 4.69) is 23.7 Å². The number of carbonyl (C=O) groups is 1. The van der Waals surface area contributed by atoms with Crippen molar-refractivity contribution in [2.24, 2.45) is 5.73 Å². The van der Waals surface area contributed by atoms with Crippen molar-refractivity contribution in [3.8, 4) is 0 Å². The van der Waals surface area contributed by atoms with E-state index in [1.807, 2.05) is 30.0 Å². The van der Waals surface area contributed by atoms with Gasteiger partial charge in [0.25, 0.3) is 0 Å². The molecular weight excluding hydrogens is 288 g/mol. The highest BCUT2D eigenvalue weighted by Crippen LogP contribution is 2.44. The molecule has 1 aliphatic rings. The number of hydrogen-bond acceptors (Lipinski definition) is 4. The van der Waals surface area contributed by atoms with Crippen molar-refractivity contribution >= 4 is 34.7 Å². The maximum absolute atomic E-state index is 11.2. The summed E-state index contributed by atoms with van der Waals surface area (Å²) < 4.78 is 1.40. The monoisotopic (exact) mass is 304 g/mol. The van der Waals surface area contributed by atoms with Gasteiger partial charge in [-0.1, -0.05) is 13.0 Å². The summed E-state index contributed by atoms with van der Waals surface area (Å²) in [5.41, 5.74) is 8.18. The number of benzene rings is 1. The van der Waals surface area contributed by atoms with Crippen LogP contribution in [0.5, 0.6) is 0 Å². The predicted molar refractivity (Wildman–Crippen MR) is 85.6 cm³/mol. The molecule has 1 unspecified atom stereocenters. The minimum Gasteiger partial charge on any atom is -0.378 e. The van der Waals surface area contributed by atoms with E-state index < -0.39 is 5.91 Å². The minimum atomic E-state index is -0.391. The molecule has 0 radical (unpaired) electrons. The van der Waals surface area contributed by atoms with Gasteiger partial charge in [0.1, 0.15) is 0 Å². The first-order valence-electron chi connectivity index (χ1n) is 6.54. The zero-order chi connectivity index (χ0) is 14.1. The van der Waals surface area contributed by atoms with Crippen LogP contribution in [-0.2, 0) is 0 Å². The number of nitrogens with two attached hydrogens (primary N) is 1. The van der Waals surface area contributed by atoms with E-state index >= 15 is 0 Å². The predicted octanol–water partition coefficient (Wildman–Crippen LogP) is 3.88. The third-order valence-electron chi connectivity index (χ3n) is 3.40. The number of fused-ring (bicyclic) bond motifs is 1. The summed E-state index contributed by atoms with van der Waals surface area (Å²) in [4.78, 5) is 11.2. The Labute approximate surface area is 126 Å². The molecule has 3 rings (SSSR count). The Balaban J connectivity index is 1.85. The van der Waals surface area contributed by atoms with Gasteiger partial charge in [0.2, 0.25) is 5.91 Å². The molecular formula is C15H16N2OS2. The van der Waals surface area contributed by atoms with Crippen molar-refractivity contribution in [3.63, 3.8) is 0 Å². The second-order valence-corrected chi connectivity index (χ2v) is 7.59. The summed E-state index contributed by atoms with van der Waals surface area (Å²) in [6, 6.07) is 9.89. The molecule has 0 bridgehead atoms. The zero-order valence-corrected chi connectivity index (χ0v) is 12.8. The average Bonchev–Trinajstić information content (AvgIpc) is 2.87. The lowest BCUT2D eigenvalue weighted by molar-refractivity contribution is 0.100. The number of thiophene rings is 1. The summed E-state index contributed by atoms with van der Waals surface area (Å²) >= 11 is 3.75. The average molecular weight is 304 g/mol. The van der Waals surface area contributed by atoms with Crippen molar-refractivity contribution in [1.29, 1.82) is 0 Å². The fourth-order valence-electron chi connectivity index (χ4n) is 2.45. The highest BCUT2D eigenvalue weighted by atomic mass is 32.2. The van der Waals surface area contributed by atoms with Gasteiger partial charge < -0.3 is 11.1 Å². The van der Waals surface area contributed by atoms with Crippen molar-refractivity contribution in [2.45, 2.75) is 28.8 Å². The van der Waals surface area contributed by atoms with Gasteiger partial charge in [0.15, 0.2) is 0 Å². The Hall–Kier alpha value is -1.46. The second-order valence-electron chi connectivity index (χ2n) is 4.97. The highest BCUT2D eigenvalue weighted by Gasteiger charge is 2.26. The van der Waals surface area contributed by atoms with Gasteiger partial charge in [0.05, 0.1) is 10.3 Å². The van der Waals surface area contributed by atoms with Gasteiger partial charge in [-0.15, -0.1) is 23.1 Å². The number of amides is 1. The van der Waals surface area contributed by atoms with Gasteiger partial charge in [-0.2, -0.15) is 0 Å². The molecule has 1 amide bonds. The number of nitrogens with one attached hydrogen (secondary N) is 1. The van der Waals surface area contributed by atoms with Crippen molar-refractivity contribution in [3.05, 3.63) is 46.8 Å². The van der Waals surface area contributed by atoms with Gasteiger partial charge in [-0.05, 0) is 41.6 Å². The lowest BCUT2D eigenvalue weighted by Crippen LogP contribution is -2.19. The van der Waals surface area contributed by atoms with E-state index in [1.54, 1.807) is 17.4 Å². The van der Waals surface area contributed by atoms with Crippen LogP contribution in [0.15, 0.2) is 39.9 Å². The fraction of sp³-hybridized carbons (Fsp3) is 0.267. The third-order valence-corrected chi connectivity index (χ3v) is 5.74.